The van der Waals surface area contributed by atoms with E-state index in [0.29, 0.717) is 6.07 Å². The molecule has 0 bridgehead atoms. The van der Waals surface area contributed by atoms with Gasteiger partial charge in [0, 0.05) is 0 Å². The van der Waals surface area contributed by atoms with Gasteiger partial charge in [0.1, 0.15) is 0 Å². The smallest absolute Gasteiger partial charge is 0.255 e. The van der Waals surface area contributed by atoms with Crippen LogP contribution in [0.2, 0.25) is 0 Å². The van der Waals surface area contributed by atoms with Crippen LogP contribution in [-0.4, -0.2) is 11.9 Å². The third kappa shape index (κ3) is 2.34. The highest BCUT2D eigenvalue weighted by molar-refractivity contribution is 5.94. The molecule has 0 fully saturated rings. The lowest BCUT2D eigenvalue weighted by atomic mass is 10.1. The van der Waals surface area contributed by atoms with Crippen LogP contribution >= 0.6 is 0 Å². The highest BCUT2D eigenvalue weighted by atomic mass is 19.2. The minimum Gasteiger partial charge on any atom is -0.339 e. The van der Waals surface area contributed by atoms with Gasteiger partial charge in [-0.3, -0.25) is 4.79 Å². The molecule has 1 aromatic rings. The number of rotatable bonds is 2. The Balaban J connectivity index is 3.02. The van der Waals surface area contributed by atoms with Crippen LogP contribution in [0.25, 0.3) is 0 Å². The fourth-order valence-corrected chi connectivity index (χ4v) is 1.02. The molecule has 0 radical (unpaired) electrons. The van der Waals surface area contributed by atoms with Gasteiger partial charge in [-0.1, -0.05) is 5.92 Å². The van der Waals surface area contributed by atoms with Crippen molar-refractivity contribution in [2.45, 2.75) is 13.0 Å². The van der Waals surface area contributed by atoms with E-state index < -0.39 is 35.0 Å². The normalized spacial score (nSPS) is 11.7. The zero-order valence-electron chi connectivity index (χ0n) is 8.35. The number of benzene rings is 1. The highest BCUT2D eigenvalue weighted by Crippen LogP contribution is 2.15. The standard InChI is InChI=1S/C11H8F3NO/c1-3-6(2)15-11(16)7-4-5-8(12)10(14)9(7)13/h1,4-6H,2H3,(H,15,16). The Bertz CT molecular complexity index is 465. The number of carbonyl (C=O) groups is 1. The molecule has 16 heavy (non-hydrogen) atoms. The van der Waals surface area contributed by atoms with Gasteiger partial charge in [0.05, 0.1) is 11.6 Å². The van der Waals surface area contributed by atoms with Crippen molar-refractivity contribution < 1.29 is 18.0 Å². The lowest BCUT2D eigenvalue weighted by molar-refractivity contribution is 0.0943. The molecular formula is C11H8F3NO. The van der Waals surface area contributed by atoms with Crippen LogP contribution in [0.4, 0.5) is 13.2 Å². The maximum atomic E-state index is 13.1. The molecule has 0 aromatic heterocycles. The minimum absolute atomic E-state index is 0.582. The van der Waals surface area contributed by atoms with Crippen molar-refractivity contribution in [1.29, 1.82) is 0 Å². The number of carbonyl (C=O) groups excluding carboxylic acids is 1. The Morgan fingerprint density at radius 3 is 2.56 bits per heavy atom. The van der Waals surface area contributed by atoms with Crippen molar-refractivity contribution in [3.63, 3.8) is 0 Å². The summed E-state index contributed by atoms with van der Waals surface area (Å²) >= 11 is 0. The second kappa shape index (κ2) is 4.71. The summed E-state index contributed by atoms with van der Waals surface area (Å²) in [6, 6.07) is 0.903. The van der Waals surface area contributed by atoms with E-state index >= 15 is 0 Å². The summed E-state index contributed by atoms with van der Waals surface area (Å²) in [5, 5.41) is 2.23. The lowest BCUT2D eigenvalue weighted by Gasteiger charge is -2.08. The van der Waals surface area contributed by atoms with Crippen LogP contribution in [0.5, 0.6) is 0 Å². The van der Waals surface area contributed by atoms with Crippen LogP contribution in [0.3, 0.4) is 0 Å². The van der Waals surface area contributed by atoms with Gasteiger partial charge < -0.3 is 5.32 Å². The SMILES string of the molecule is C#CC(C)NC(=O)c1ccc(F)c(F)c1F. The fourth-order valence-electron chi connectivity index (χ4n) is 1.02. The Morgan fingerprint density at radius 1 is 1.38 bits per heavy atom. The maximum Gasteiger partial charge on any atom is 0.255 e. The van der Waals surface area contributed by atoms with E-state index in [4.69, 9.17) is 6.42 Å². The third-order valence-corrected chi connectivity index (χ3v) is 1.88. The molecule has 1 atom stereocenters. The van der Waals surface area contributed by atoms with Gasteiger partial charge in [-0.05, 0) is 19.1 Å². The second-order valence-corrected chi connectivity index (χ2v) is 3.08. The zero-order chi connectivity index (χ0) is 12.3. The van der Waals surface area contributed by atoms with E-state index in [-0.39, 0.29) is 0 Å². The first kappa shape index (κ1) is 12.1. The third-order valence-electron chi connectivity index (χ3n) is 1.88. The Hall–Kier alpha value is -1.96. The van der Waals surface area contributed by atoms with E-state index in [0.717, 1.165) is 6.07 Å². The molecule has 0 saturated heterocycles. The number of nitrogens with one attached hydrogen (secondary N) is 1. The van der Waals surface area contributed by atoms with E-state index in [1.165, 1.54) is 6.92 Å². The molecule has 5 heteroatoms. The molecule has 0 saturated carbocycles. The number of halogens is 3. The van der Waals surface area contributed by atoms with Crippen LogP contribution in [-0.2, 0) is 0 Å². The van der Waals surface area contributed by atoms with Gasteiger partial charge in [0.25, 0.3) is 5.91 Å². The first-order valence-corrected chi connectivity index (χ1v) is 4.38. The van der Waals surface area contributed by atoms with Crippen molar-refractivity contribution in [3.8, 4) is 12.3 Å². The van der Waals surface area contributed by atoms with Gasteiger partial charge >= 0.3 is 0 Å². The number of hydrogen-bond donors (Lipinski definition) is 1. The van der Waals surface area contributed by atoms with Crippen molar-refractivity contribution in [2.75, 3.05) is 0 Å². The molecule has 84 valence electrons. The van der Waals surface area contributed by atoms with Crippen LogP contribution in [0.15, 0.2) is 12.1 Å². The van der Waals surface area contributed by atoms with E-state index in [2.05, 4.69) is 11.2 Å². The predicted molar refractivity (Wildman–Crippen MR) is 52.1 cm³/mol. The van der Waals surface area contributed by atoms with E-state index in [1.54, 1.807) is 0 Å². The maximum absolute atomic E-state index is 13.1. The summed E-state index contributed by atoms with van der Waals surface area (Å²) in [7, 11) is 0. The average Bonchev–Trinajstić information content (AvgIpc) is 2.25. The molecule has 1 amide bonds. The first-order valence-electron chi connectivity index (χ1n) is 4.38. The monoisotopic (exact) mass is 227 g/mol. The van der Waals surface area contributed by atoms with Crippen LogP contribution in [0, 0.1) is 29.8 Å². The van der Waals surface area contributed by atoms with Crippen molar-refractivity contribution in [3.05, 3.63) is 35.1 Å². The zero-order valence-corrected chi connectivity index (χ0v) is 8.35. The summed E-state index contributed by atoms with van der Waals surface area (Å²) in [4.78, 5) is 11.4. The Labute approximate surface area is 90.5 Å². The van der Waals surface area contributed by atoms with Gasteiger partial charge in [-0.15, -0.1) is 6.42 Å². The van der Waals surface area contributed by atoms with Crippen LogP contribution in [0.1, 0.15) is 17.3 Å². The van der Waals surface area contributed by atoms with Gasteiger partial charge in [0.15, 0.2) is 17.5 Å². The summed E-state index contributed by atoms with van der Waals surface area (Å²) < 4.78 is 38.5. The molecule has 0 aliphatic rings. The second-order valence-electron chi connectivity index (χ2n) is 3.08. The van der Waals surface area contributed by atoms with Gasteiger partial charge in [-0.25, -0.2) is 13.2 Å². The molecule has 1 N–H and O–H groups in total. The molecule has 2 nitrogen and oxygen atoms in total. The van der Waals surface area contributed by atoms with Crippen LogP contribution < -0.4 is 5.32 Å². The molecule has 0 spiro atoms. The fraction of sp³-hybridized carbons (Fsp3) is 0.182. The number of terminal acetylenes is 1. The summed E-state index contributed by atoms with van der Waals surface area (Å²) in [6.07, 6.45) is 5.00. The van der Waals surface area contributed by atoms with Gasteiger partial charge in [0.2, 0.25) is 0 Å². The molecule has 0 aliphatic carbocycles. The lowest BCUT2D eigenvalue weighted by Crippen LogP contribution is -2.32. The topological polar surface area (TPSA) is 29.1 Å². The summed E-state index contributed by atoms with van der Waals surface area (Å²) in [5.41, 5.74) is -0.582. The molecule has 0 heterocycles. The van der Waals surface area contributed by atoms with Crippen molar-refractivity contribution in [2.24, 2.45) is 0 Å². The quantitative estimate of drug-likeness (QED) is 0.606. The van der Waals surface area contributed by atoms with Crippen molar-refractivity contribution >= 4 is 5.91 Å². The highest BCUT2D eigenvalue weighted by Gasteiger charge is 2.19. The summed E-state index contributed by atoms with van der Waals surface area (Å²) in [5.74, 6) is -3.25. The molecule has 1 unspecified atom stereocenters. The first-order chi connectivity index (χ1) is 7.47. The Morgan fingerprint density at radius 2 is 2.00 bits per heavy atom. The minimum atomic E-state index is -1.68. The van der Waals surface area contributed by atoms with E-state index in [9.17, 15) is 18.0 Å². The van der Waals surface area contributed by atoms with Crippen molar-refractivity contribution in [1.82, 2.24) is 5.32 Å². The average molecular weight is 227 g/mol. The largest absolute Gasteiger partial charge is 0.339 e. The predicted octanol–water partition coefficient (Wildman–Crippen LogP) is 1.86. The molecular weight excluding hydrogens is 219 g/mol. The van der Waals surface area contributed by atoms with E-state index in [1.807, 2.05) is 0 Å². The molecule has 0 aliphatic heterocycles. The van der Waals surface area contributed by atoms with Gasteiger partial charge in [-0.2, -0.15) is 0 Å². The summed E-state index contributed by atoms with van der Waals surface area (Å²) in [6.45, 7) is 1.50. The molecule has 1 aromatic carbocycles. The Kier molecular flexibility index (Phi) is 3.56. The number of amides is 1. The number of hydrogen-bond acceptors (Lipinski definition) is 1. The molecule has 1 rings (SSSR count).